The number of aromatic nitrogens is 1. The number of carboxylic acid groups (broad SMARTS) is 1. The van der Waals surface area contributed by atoms with Crippen molar-refractivity contribution in [1.82, 2.24) is 4.98 Å². The van der Waals surface area contributed by atoms with E-state index in [2.05, 4.69) is 12.1 Å². The van der Waals surface area contributed by atoms with Crippen LogP contribution in [0.15, 0.2) is 42.5 Å². The molecule has 1 aromatic heterocycles. The van der Waals surface area contributed by atoms with E-state index >= 15 is 0 Å². The van der Waals surface area contributed by atoms with Crippen LogP contribution in [0.25, 0.3) is 21.9 Å². The van der Waals surface area contributed by atoms with Crippen LogP contribution in [-0.2, 0) is 4.79 Å². The average molecular weight is 381 g/mol. The molecule has 0 saturated carbocycles. The van der Waals surface area contributed by atoms with E-state index in [-0.39, 0.29) is 6.42 Å². The zero-order chi connectivity index (χ0) is 18.6. The van der Waals surface area contributed by atoms with E-state index in [1.165, 1.54) is 0 Å². The smallest absolute Gasteiger partial charge is 0.303 e. The maximum Gasteiger partial charge on any atom is 0.303 e. The number of hydrogen-bond acceptors (Lipinski definition) is 5. The molecular formula is C21H19NO4S. The fourth-order valence-electron chi connectivity index (χ4n) is 3.03. The first kappa shape index (κ1) is 17.5. The molecule has 1 N–H and O–H groups in total. The Morgan fingerprint density at radius 1 is 1.11 bits per heavy atom. The molecule has 27 heavy (non-hydrogen) atoms. The number of carbonyl (C=O) groups is 1. The van der Waals surface area contributed by atoms with Gasteiger partial charge in [-0.05, 0) is 54.3 Å². The molecule has 6 heteroatoms. The fourth-order valence-corrected chi connectivity index (χ4v) is 4.04. The maximum absolute atomic E-state index is 10.9. The summed E-state index contributed by atoms with van der Waals surface area (Å²) in [6, 6.07) is 13.9. The molecule has 0 atom stereocenters. The van der Waals surface area contributed by atoms with Crippen LogP contribution in [0.5, 0.6) is 11.5 Å². The van der Waals surface area contributed by atoms with Gasteiger partial charge in [0.1, 0.15) is 18.2 Å². The lowest BCUT2D eigenvalue weighted by Gasteiger charge is -2.18. The third-order valence-electron chi connectivity index (χ3n) is 4.31. The normalized spacial score (nSPS) is 13.7. The highest BCUT2D eigenvalue weighted by Crippen LogP contribution is 2.34. The van der Waals surface area contributed by atoms with Crippen molar-refractivity contribution in [3.63, 3.8) is 0 Å². The van der Waals surface area contributed by atoms with Gasteiger partial charge in [-0.1, -0.05) is 18.2 Å². The van der Waals surface area contributed by atoms with Gasteiger partial charge in [-0.25, -0.2) is 4.98 Å². The van der Waals surface area contributed by atoms with Crippen molar-refractivity contribution in [2.75, 3.05) is 13.2 Å². The first-order valence-electron chi connectivity index (χ1n) is 8.87. The zero-order valence-electron chi connectivity index (χ0n) is 14.7. The number of nitrogens with zero attached hydrogens (tertiary/aromatic N) is 1. The molecule has 2 aromatic carbocycles. The molecule has 0 radical (unpaired) electrons. The van der Waals surface area contributed by atoms with Crippen LogP contribution in [0.4, 0.5) is 0 Å². The largest absolute Gasteiger partial charge is 0.486 e. The molecule has 0 saturated heterocycles. The Kier molecular flexibility index (Phi) is 5.07. The van der Waals surface area contributed by atoms with Gasteiger partial charge in [0, 0.05) is 6.42 Å². The molecule has 0 unspecified atom stereocenters. The predicted octanol–water partition coefficient (Wildman–Crippen LogP) is 4.86. The molecule has 138 valence electrons. The molecule has 1 aliphatic rings. The molecule has 0 bridgehead atoms. The number of carboxylic acids is 1. The number of rotatable bonds is 6. The molecule has 2 heterocycles. The van der Waals surface area contributed by atoms with Gasteiger partial charge in [0.25, 0.3) is 0 Å². The van der Waals surface area contributed by atoms with E-state index in [1.54, 1.807) is 11.3 Å². The first-order chi connectivity index (χ1) is 13.2. The van der Waals surface area contributed by atoms with Crippen LogP contribution in [0.2, 0.25) is 0 Å². The van der Waals surface area contributed by atoms with E-state index in [4.69, 9.17) is 19.6 Å². The van der Waals surface area contributed by atoms with Crippen molar-refractivity contribution in [2.24, 2.45) is 0 Å². The van der Waals surface area contributed by atoms with Crippen LogP contribution < -0.4 is 9.47 Å². The molecular weight excluding hydrogens is 362 g/mol. The van der Waals surface area contributed by atoms with Crippen molar-refractivity contribution in [3.8, 4) is 11.5 Å². The second-order valence-corrected chi connectivity index (χ2v) is 7.34. The van der Waals surface area contributed by atoms with Crippen LogP contribution in [0, 0.1) is 0 Å². The van der Waals surface area contributed by atoms with Crippen LogP contribution in [0.3, 0.4) is 0 Å². The van der Waals surface area contributed by atoms with Crippen LogP contribution in [0.1, 0.15) is 29.8 Å². The lowest BCUT2D eigenvalue weighted by atomic mass is 10.0. The maximum atomic E-state index is 10.9. The molecule has 5 nitrogen and oxygen atoms in total. The molecule has 0 aliphatic carbocycles. The minimum atomic E-state index is -0.780. The summed E-state index contributed by atoms with van der Waals surface area (Å²) in [6.07, 6.45) is 3.43. The van der Waals surface area contributed by atoms with E-state index in [0.717, 1.165) is 37.9 Å². The van der Waals surface area contributed by atoms with Gasteiger partial charge < -0.3 is 14.6 Å². The highest BCUT2D eigenvalue weighted by molar-refractivity contribution is 7.19. The molecule has 1 aliphatic heterocycles. The molecule has 0 spiro atoms. The second kappa shape index (κ2) is 7.80. The van der Waals surface area contributed by atoms with Crippen molar-refractivity contribution in [3.05, 3.63) is 53.0 Å². The number of para-hydroxylation sites is 1. The van der Waals surface area contributed by atoms with Gasteiger partial charge in [-0.2, -0.15) is 0 Å². The number of hydrogen-bond donors (Lipinski definition) is 1. The molecule has 0 fully saturated rings. The Bertz CT molecular complexity index is 975. The topological polar surface area (TPSA) is 68.7 Å². The van der Waals surface area contributed by atoms with Crippen LogP contribution in [-0.4, -0.2) is 29.3 Å². The molecule has 4 rings (SSSR count). The van der Waals surface area contributed by atoms with E-state index in [1.807, 2.05) is 36.4 Å². The Labute approximate surface area is 160 Å². The third kappa shape index (κ3) is 4.11. The molecule has 0 amide bonds. The summed E-state index contributed by atoms with van der Waals surface area (Å²) >= 11 is 1.63. The summed E-state index contributed by atoms with van der Waals surface area (Å²) in [4.78, 5) is 15.7. The average Bonchev–Trinajstić information content (AvgIpc) is 3.11. The highest BCUT2D eigenvalue weighted by atomic mass is 32.1. The summed E-state index contributed by atoms with van der Waals surface area (Å²) in [7, 11) is 0. The van der Waals surface area contributed by atoms with Gasteiger partial charge in [0.2, 0.25) is 0 Å². The lowest BCUT2D eigenvalue weighted by Crippen LogP contribution is -2.15. The predicted molar refractivity (Wildman–Crippen MR) is 106 cm³/mol. The van der Waals surface area contributed by atoms with Crippen molar-refractivity contribution < 1.29 is 19.4 Å². The van der Waals surface area contributed by atoms with Crippen molar-refractivity contribution in [2.45, 2.75) is 19.3 Å². The second-order valence-electron chi connectivity index (χ2n) is 6.31. The zero-order valence-corrected chi connectivity index (χ0v) is 15.5. The Morgan fingerprint density at radius 2 is 1.93 bits per heavy atom. The Balaban J connectivity index is 1.68. The number of fused-ring (bicyclic) bond motifs is 2. The number of benzene rings is 2. The summed E-state index contributed by atoms with van der Waals surface area (Å²) in [5.41, 5.74) is 2.99. The lowest BCUT2D eigenvalue weighted by molar-refractivity contribution is -0.137. The van der Waals surface area contributed by atoms with Gasteiger partial charge in [0.05, 0.1) is 10.2 Å². The van der Waals surface area contributed by atoms with E-state index in [0.29, 0.717) is 26.1 Å². The molecule has 3 aromatic rings. The number of aliphatic carboxylic acids is 1. The van der Waals surface area contributed by atoms with Gasteiger partial charge in [-0.3, -0.25) is 4.79 Å². The summed E-state index contributed by atoms with van der Waals surface area (Å²) in [5.74, 6) is 0.716. The SMILES string of the molecule is O=C(O)CCCC(=Cc1ccc2c(c1)OCCO2)c1nc2ccccc2s1. The van der Waals surface area contributed by atoms with Gasteiger partial charge in [-0.15, -0.1) is 11.3 Å². The summed E-state index contributed by atoms with van der Waals surface area (Å²) < 4.78 is 12.4. The van der Waals surface area contributed by atoms with Crippen molar-refractivity contribution >= 4 is 39.2 Å². The summed E-state index contributed by atoms with van der Waals surface area (Å²) in [5, 5.41) is 9.90. The fraction of sp³-hybridized carbons (Fsp3) is 0.238. The standard InChI is InChI=1S/C21H19NO4S/c23-20(24)7-3-4-15(21-22-16-5-1-2-6-19(16)27-21)12-14-8-9-17-18(13-14)26-11-10-25-17/h1-2,5-6,8-9,12-13H,3-4,7,10-11H2,(H,23,24). The van der Waals surface area contributed by atoms with Gasteiger partial charge in [0.15, 0.2) is 11.5 Å². The first-order valence-corrected chi connectivity index (χ1v) is 9.69. The monoisotopic (exact) mass is 381 g/mol. The Morgan fingerprint density at radius 3 is 2.74 bits per heavy atom. The third-order valence-corrected chi connectivity index (χ3v) is 5.42. The van der Waals surface area contributed by atoms with E-state index in [9.17, 15) is 4.79 Å². The van der Waals surface area contributed by atoms with Gasteiger partial charge >= 0.3 is 5.97 Å². The van der Waals surface area contributed by atoms with Crippen molar-refractivity contribution in [1.29, 1.82) is 0 Å². The highest BCUT2D eigenvalue weighted by Gasteiger charge is 2.13. The number of allylic oxidation sites excluding steroid dienone is 1. The van der Waals surface area contributed by atoms with E-state index < -0.39 is 5.97 Å². The minimum absolute atomic E-state index is 0.142. The van der Waals surface area contributed by atoms with Crippen LogP contribution >= 0.6 is 11.3 Å². The number of ether oxygens (including phenoxy) is 2. The summed E-state index contributed by atoms with van der Waals surface area (Å²) in [6.45, 7) is 1.11. The quantitative estimate of drug-likeness (QED) is 0.660. The Hall–Kier alpha value is -2.86. The minimum Gasteiger partial charge on any atom is -0.486 e. The number of thiazole rings is 1.